The lowest BCUT2D eigenvalue weighted by Gasteiger charge is -2.13. The standard InChI is InChI=1S/C23H24N4O4S2/c1-14(2)11-15-7-4-5-10-19(15)27-20(13-18(26-27)23(28)29)22-25-24-21(32-22)16-8-6-9-17(12-16)33(3,30)31/h4-10,12-14,23,28-29H,11H2,1-3H3. The normalized spacial score (nSPS) is 12.1. The Balaban J connectivity index is 1.82. The van der Waals surface area contributed by atoms with Crippen molar-refractivity contribution in [1.82, 2.24) is 20.0 Å². The topological polar surface area (TPSA) is 118 Å². The highest BCUT2D eigenvalue weighted by Crippen LogP contribution is 2.34. The van der Waals surface area contributed by atoms with Crippen LogP contribution in [0.15, 0.2) is 59.5 Å². The molecule has 0 spiro atoms. The number of rotatable bonds is 7. The van der Waals surface area contributed by atoms with Crippen LogP contribution in [0.5, 0.6) is 0 Å². The summed E-state index contributed by atoms with van der Waals surface area (Å²) in [7, 11) is -3.36. The van der Waals surface area contributed by atoms with Gasteiger partial charge in [0.15, 0.2) is 21.1 Å². The second kappa shape index (κ2) is 9.14. The molecule has 0 aliphatic rings. The van der Waals surface area contributed by atoms with Crippen molar-refractivity contribution in [1.29, 1.82) is 0 Å². The second-order valence-electron chi connectivity index (χ2n) is 8.18. The second-order valence-corrected chi connectivity index (χ2v) is 11.2. The molecular weight excluding hydrogens is 460 g/mol. The summed E-state index contributed by atoms with van der Waals surface area (Å²) in [6.45, 7) is 4.26. The van der Waals surface area contributed by atoms with E-state index in [2.05, 4.69) is 29.1 Å². The first-order valence-corrected chi connectivity index (χ1v) is 13.0. The Hall–Kier alpha value is -2.92. The van der Waals surface area contributed by atoms with E-state index >= 15 is 0 Å². The first kappa shape index (κ1) is 23.2. The van der Waals surface area contributed by atoms with Gasteiger partial charge in [0.25, 0.3) is 0 Å². The van der Waals surface area contributed by atoms with Crippen molar-refractivity contribution in [2.45, 2.75) is 31.5 Å². The van der Waals surface area contributed by atoms with Crippen molar-refractivity contribution in [2.24, 2.45) is 5.92 Å². The molecule has 2 aromatic carbocycles. The Kier molecular flexibility index (Phi) is 6.44. The molecule has 4 aromatic rings. The minimum atomic E-state index is -3.36. The van der Waals surface area contributed by atoms with E-state index in [1.807, 2.05) is 24.3 Å². The summed E-state index contributed by atoms with van der Waals surface area (Å²) in [5.74, 6) is 0.420. The summed E-state index contributed by atoms with van der Waals surface area (Å²) in [5.41, 5.74) is 3.19. The van der Waals surface area contributed by atoms with Crippen LogP contribution in [0.25, 0.3) is 27.0 Å². The lowest BCUT2D eigenvalue weighted by molar-refractivity contribution is -0.0460. The SMILES string of the molecule is CC(C)Cc1ccccc1-n1nc(C(O)O)cc1-c1nnc(-c2cccc(S(C)(=O)=O)c2)s1. The van der Waals surface area contributed by atoms with Gasteiger partial charge in [0.2, 0.25) is 0 Å². The summed E-state index contributed by atoms with van der Waals surface area (Å²) in [5, 5.41) is 33.5. The fourth-order valence-electron chi connectivity index (χ4n) is 3.49. The quantitative estimate of drug-likeness (QED) is 0.385. The number of nitrogens with zero attached hydrogens (tertiary/aromatic N) is 4. The smallest absolute Gasteiger partial charge is 0.197 e. The molecule has 2 aromatic heterocycles. The predicted molar refractivity (Wildman–Crippen MR) is 127 cm³/mol. The van der Waals surface area contributed by atoms with Gasteiger partial charge in [-0.1, -0.05) is 55.5 Å². The van der Waals surface area contributed by atoms with Crippen LogP contribution in [0.1, 0.15) is 31.4 Å². The molecule has 0 unspecified atom stereocenters. The number of aromatic nitrogens is 4. The van der Waals surface area contributed by atoms with Gasteiger partial charge >= 0.3 is 0 Å². The van der Waals surface area contributed by atoms with Crippen LogP contribution in [-0.2, 0) is 16.3 Å². The molecule has 0 aliphatic heterocycles. The summed E-state index contributed by atoms with van der Waals surface area (Å²) in [6.07, 6.45) is 0.250. The summed E-state index contributed by atoms with van der Waals surface area (Å²) in [6, 6.07) is 15.9. The molecule has 0 saturated carbocycles. The van der Waals surface area contributed by atoms with Gasteiger partial charge in [-0.15, -0.1) is 10.2 Å². The molecule has 0 fully saturated rings. The molecule has 172 valence electrons. The maximum atomic E-state index is 11.9. The summed E-state index contributed by atoms with van der Waals surface area (Å²) >= 11 is 1.27. The molecule has 0 aliphatic carbocycles. The van der Waals surface area contributed by atoms with Crippen LogP contribution in [0.4, 0.5) is 0 Å². The molecule has 33 heavy (non-hydrogen) atoms. The molecule has 4 rings (SSSR count). The Labute approximate surface area is 196 Å². The third-order valence-electron chi connectivity index (χ3n) is 4.99. The van der Waals surface area contributed by atoms with Gasteiger partial charge < -0.3 is 10.2 Å². The molecule has 0 radical (unpaired) electrons. The number of hydrogen-bond acceptors (Lipinski definition) is 8. The highest BCUT2D eigenvalue weighted by Gasteiger charge is 2.21. The average Bonchev–Trinajstić information content (AvgIpc) is 3.41. The number of sulfone groups is 1. The zero-order valence-electron chi connectivity index (χ0n) is 18.4. The summed E-state index contributed by atoms with van der Waals surface area (Å²) in [4.78, 5) is 0.204. The fraction of sp³-hybridized carbons (Fsp3) is 0.261. The van der Waals surface area contributed by atoms with Gasteiger partial charge in [-0.2, -0.15) is 5.10 Å². The van der Waals surface area contributed by atoms with Gasteiger partial charge in [0, 0.05) is 11.8 Å². The van der Waals surface area contributed by atoms with E-state index in [9.17, 15) is 18.6 Å². The van der Waals surface area contributed by atoms with E-state index in [0.717, 1.165) is 23.9 Å². The molecule has 10 heteroatoms. The van der Waals surface area contributed by atoms with E-state index < -0.39 is 16.1 Å². The first-order valence-electron chi connectivity index (χ1n) is 10.3. The number of aliphatic hydroxyl groups is 2. The molecule has 2 heterocycles. The number of para-hydroxylation sites is 1. The highest BCUT2D eigenvalue weighted by molar-refractivity contribution is 7.90. The van der Waals surface area contributed by atoms with Crippen molar-refractivity contribution in [3.8, 4) is 27.0 Å². The molecule has 0 bridgehead atoms. The molecular formula is C23H24N4O4S2. The fourth-order valence-corrected chi connectivity index (χ4v) is 5.00. The third kappa shape index (κ3) is 5.03. The molecule has 0 saturated heterocycles. The van der Waals surface area contributed by atoms with Gasteiger partial charge in [-0.3, -0.25) is 0 Å². The Morgan fingerprint density at radius 2 is 1.73 bits per heavy atom. The lowest BCUT2D eigenvalue weighted by Crippen LogP contribution is -2.06. The van der Waals surface area contributed by atoms with E-state index in [-0.39, 0.29) is 10.6 Å². The number of benzene rings is 2. The Morgan fingerprint density at radius 1 is 1.00 bits per heavy atom. The molecule has 0 atom stereocenters. The predicted octanol–water partition coefficient (Wildman–Crippen LogP) is 3.64. The zero-order valence-corrected chi connectivity index (χ0v) is 20.0. The number of hydrogen-bond donors (Lipinski definition) is 2. The van der Waals surface area contributed by atoms with Gasteiger partial charge in [0.1, 0.15) is 16.4 Å². The average molecular weight is 485 g/mol. The van der Waals surface area contributed by atoms with Crippen LogP contribution in [-0.4, -0.2) is 44.9 Å². The van der Waals surface area contributed by atoms with E-state index in [1.165, 1.54) is 17.4 Å². The summed E-state index contributed by atoms with van der Waals surface area (Å²) < 4.78 is 25.5. The Morgan fingerprint density at radius 3 is 2.42 bits per heavy atom. The van der Waals surface area contributed by atoms with E-state index in [1.54, 1.807) is 28.9 Å². The van der Waals surface area contributed by atoms with Crippen LogP contribution in [0, 0.1) is 5.92 Å². The van der Waals surface area contributed by atoms with E-state index in [0.29, 0.717) is 27.2 Å². The van der Waals surface area contributed by atoms with Gasteiger partial charge in [-0.05, 0) is 42.2 Å². The largest absolute Gasteiger partial charge is 0.363 e. The highest BCUT2D eigenvalue weighted by atomic mass is 32.2. The third-order valence-corrected chi connectivity index (χ3v) is 7.10. The van der Waals surface area contributed by atoms with Gasteiger partial charge in [-0.25, -0.2) is 13.1 Å². The van der Waals surface area contributed by atoms with Crippen LogP contribution < -0.4 is 0 Å². The molecule has 0 amide bonds. The van der Waals surface area contributed by atoms with Crippen molar-refractivity contribution < 1.29 is 18.6 Å². The van der Waals surface area contributed by atoms with Gasteiger partial charge in [0.05, 0.1) is 10.6 Å². The minimum Gasteiger partial charge on any atom is -0.363 e. The lowest BCUT2D eigenvalue weighted by atomic mass is 10.0. The van der Waals surface area contributed by atoms with Crippen molar-refractivity contribution >= 4 is 21.2 Å². The van der Waals surface area contributed by atoms with Crippen LogP contribution >= 0.6 is 11.3 Å². The van der Waals surface area contributed by atoms with Crippen LogP contribution in [0.2, 0.25) is 0 Å². The maximum Gasteiger partial charge on any atom is 0.197 e. The van der Waals surface area contributed by atoms with E-state index in [4.69, 9.17) is 0 Å². The first-order chi connectivity index (χ1) is 15.6. The van der Waals surface area contributed by atoms with Crippen LogP contribution in [0.3, 0.4) is 0 Å². The van der Waals surface area contributed by atoms with Crippen molar-refractivity contribution in [3.05, 3.63) is 65.9 Å². The monoisotopic (exact) mass is 484 g/mol. The molecule has 2 N–H and O–H groups in total. The maximum absolute atomic E-state index is 11.9. The minimum absolute atomic E-state index is 0.0974. The zero-order chi connectivity index (χ0) is 23.8. The van der Waals surface area contributed by atoms with Crippen molar-refractivity contribution in [2.75, 3.05) is 6.26 Å². The number of aliphatic hydroxyl groups excluding tert-OH is 1. The molecule has 8 nitrogen and oxygen atoms in total. The Bertz CT molecular complexity index is 1390. The van der Waals surface area contributed by atoms with Crippen molar-refractivity contribution in [3.63, 3.8) is 0 Å².